The largest absolute Gasteiger partial charge is 0.500 e. The van der Waals surface area contributed by atoms with Crippen molar-refractivity contribution in [2.24, 2.45) is 7.05 Å². The highest BCUT2D eigenvalue weighted by atomic mass is 16.5. The van der Waals surface area contributed by atoms with Crippen LogP contribution in [0, 0.1) is 0 Å². The lowest BCUT2D eigenvalue weighted by Crippen LogP contribution is -2.17. The van der Waals surface area contributed by atoms with Gasteiger partial charge >= 0.3 is 0 Å². The molecule has 18 heavy (non-hydrogen) atoms. The highest BCUT2D eigenvalue weighted by molar-refractivity contribution is 5.98. The number of hydrogen-bond donors (Lipinski definition) is 2. The monoisotopic (exact) mass is 248 g/mol. The van der Waals surface area contributed by atoms with Crippen molar-refractivity contribution < 1.29 is 9.84 Å². The Labute approximate surface area is 105 Å². The standard InChI is InChI=1S/C13H16N2O3/c1-4-14-8-6-5-7-9-10(8)12(18-3)11(16)13(17)15(9)2/h5-7,14,16H,4H2,1-3H3. The zero-order chi connectivity index (χ0) is 13.3. The van der Waals surface area contributed by atoms with E-state index in [9.17, 15) is 9.90 Å². The topological polar surface area (TPSA) is 63.5 Å². The number of ether oxygens (including phenoxy) is 1. The first kappa shape index (κ1) is 12.3. The predicted molar refractivity (Wildman–Crippen MR) is 71.6 cm³/mol. The Morgan fingerprint density at radius 1 is 1.44 bits per heavy atom. The number of nitrogens with one attached hydrogen (secondary N) is 1. The summed E-state index contributed by atoms with van der Waals surface area (Å²) in [6.45, 7) is 2.72. The van der Waals surface area contributed by atoms with E-state index in [1.165, 1.54) is 11.7 Å². The maximum Gasteiger partial charge on any atom is 0.296 e. The zero-order valence-corrected chi connectivity index (χ0v) is 10.7. The number of benzene rings is 1. The average Bonchev–Trinajstić information content (AvgIpc) is 2.38. The molecule has 0 saturated heterocycles. The Kier molecular flexibility index (Phi) is 3.14. The first-order chi connectivity index (χ1) is 8.61. The lowest BCUT2D eigenvalue weighted by Gasteiger charge is -2.15. The second-order valence-corrected chi connectivity index (χ2v) is 3.98. The lowest BCUT2D eigenvalue weighted by atomic mass is 10.1. The molecule has 0 saturated carbocycles. The number of pyridine rings is 1. The molecule has 5 nitrogen and oxygen atoms in total. The first-order valence-electron chi connectivity index (χ1n) is 5.74. The number of hydrogen-bond acceptors (Lipinski definition) is 4. The molecule has 1 aromatic carbocycles. The average molecular weight is 248 g/mol. The Bertz CT molecular complexity index is 647. The minimum atomic E-state index is -0.465. The smallest absolute Gasteiger partial charge is 0.296 e. The van der Waals surface area contributed by atoms with Gasteiger partial charge in [-0.2, -0.15) is 0 Å². The van der Waals surface area contributed by atoms with Crippen LogP contribution < -0.4 is 15.6 Å². The molecular formula is C13H16N2O3. The molecule has 0 fully saturated rings. The molecule has 0 bridgehead atoms. The maximum absolute atomic E-state index is 11.8. The van der Waals surface area contributed by atoms with Gasteiger partial charge in [-0.1, -0.05) is 6.07 Å². The van der Waals surface area contributed by atoms with E-state index in [0.717, 1.165) is 12.2 Å². The van der Waals surface area contributed by atoms with Crippen LogP contribution in [0.2, 0.25) is 0 Å². The fraction of sp³-hybridized carbons (Fsp3) is 0.308. The highest BCUT2D eigenvalue weighted by Gasteiger charge is 2.17. The third-order valence-electron chi connectivity index (χ3n) is 2.92. The molecule has 2 rings (SSSR count). The van der Waals surface area contributed by atoms with Gasteiger partial charge in [0.15, 0.2) is 5.75 Å². The Morgan fingerprint density at radius 2 is 2.17 bits per heavy atom. The van der Waals surface area contributed by atoms with Crippen molar-refractivity contribution in [1.82, 2.24) is 4.57 Å². The fourth-order valence-corrected chi connectivity index (χ4v) is 2.08. The van der Waals surface area contributed by atoms with Crippen LogP contribution >= 0.6 is 0 Å². The van der Waals surface area contributed by atoms with Crippen LogP contribution in [0.1, 0.15) is 6.92 Å². The van der Waals surface area contributed by atoms with Crippen LogP contribution in [0.25, 0.3) is 10.9 Å². The normalized spacial score (nSPS) is 10.6. The van der Waals surface area contributed by atoms with Gasteiger partial charge in [-0.15, -0.1) is 0 Å². The molecule has 5 heteroatoms. The quantitative estimate of drug-likeness (QED) is 0.867. The van der Waals surface area contributed by atoms with Gasteiger partial charge in [-0.05, 0) is 19.1 Å². The Morgan fingerprint density at radius 3 is 2.78 bits per heavy atom. The van der Waals surface area contributed by atoms with E-state index in [1.54, 1.807) is 7.05 Å². The van der Waals surface area contributed by atoms with Gasteiger partial charge in [0, 0.05) is 19.3 Å². The van der Waals surface area contributed by atoms with E-state index in [1.807, 2.05) is 25.1 Å². The van der Waals surface area contributed by atoms with Gasteiger partial charge in [0.25, 0.3) is 5.56 Å². The second-order valence-electron chi connectivity index (χ2n) is 3.98. The summed E-state index contributed by atoms with van der Waals surface area (Å²) in [7, 11) is 3.07. The summed E-state index contributed by atoms with van der Waals surface area (Å²) < 4.78 is 6.59. The SMILES string of the molecule is CCNc1cccc2c1c(OC)c(O)c(=O)n2C. The van der Waals surface area contributed by atoms with Crippen molar-refractivity contribution in [1.29, 1.82) is 0 Å². The van der Waals surface area contributed by atoms with Crippen molar-refractivity contribution >= 4 is 16.6 Å². The van der Waals surface area contributed by atoms with Crippen LogP contribution in [-0.4, -0.2) is 23.3 Å². The van der Waals surface area contributed by atoms with Crippen molar-refractivity contribution in [3.63, 3.8) is 0 Å². The zero-order valence-electron chi connectivity index (χ0n) is 10.7. The summed E-state index contributed by atoms with van der Waals surface area (Å²) in [4.78, 5) is 11.8. The second kappa shape index (κ2) is 4.60. The van der Waals surface area contributed by atoms with Crippen LogP contribution in [0.15, 0.2) is 23.0 Å². The number of fused-ring (bicyclic) bond motifs is 1. The van der Waals surface area contributed by atoms with Crippen LogP contribution in [0.4, 0.5) is 5.69 Å². The maximum atomic E-state index is 11.8. The van der Waals surface area contributed by atoms with E-state index in [4.69, 9.17) is 4.74 Å². The molecule has 0 atom stereocenters. The molecule has 96 valence electrons. The molecule has 0 aliphatic carbocycles. The Hall–Kier alpha value is -2.17. The summed E-state index contributed by atoms with van der Waals surface area (Å²) in [5.74, 6) is -0.150. The minimum Gasteiger partial charge on any atom is -0.500 e. The number of aromatic nitrogens is 1. The Balaban J connectivity index is 2.96. The highest BCUT2D eigenvalue weighted by Crippen LogP contribution is 2.36. The molecule has 1 aromatic heterocycles. The fourth-order valence-electron chi connectivity index (χ4n) is 2.08. The van der Waals surface area contributed by atoms with Gasteiger partial charge in [0.1, 0.15) is 0 Å². The van der Waals surface area contributed by atoms with Gasteiger partial charge < -0.3 is 19.7 Å². The van der Waals surface area contributed by atoms with Crippen molar-refractivity contribution in [2.45, 2.75) is 6.92 Å². The molecule has 0 unspecified atom stereocenters. The van der Waals surface area contributed by atoms with Gasteiger partial charge in [-0.3, -0.25) is 4.79 Å². The molecule has 2 aromatic rings. The van der Waals surface area contributed by atoms with Crippen LogP contribution in [0.3, 0.4) is 0 Å². The number of anilines is 1. The lowest BCUT2D eigenvalue weighted by molar-refractivity contribution is 0.372. The number of rotatable bonds is 3. The molecule has 0 aliphatic rings. The van der Waals surface area contributed by atoms with E-state index in [2.05, 4.69) is 5.32 Å². The molecule has 0 spiro atoms. The van der Waals surface area contributed by atoms with Crippen molar-refractivity contribution in [3.05, 3.63) is 28.6 Å². The van der Waals surface area contributed by atoms with Gasteiger partial charge in [-0.25, -0.2) is 0 Å². The van der Waals surface area contributed by atoms with E-state index in [0.29, 0.717) is 10.9 Å². The van der Waals surface area contributed by atoms with E-state index < -0.39 is 5.56 Å². The molecule has 1 heterocycles. The molecule has 0 radical (unpaired) electrons. The third kappa shape index (κ3) is 1.68. The minimum absolute atomic E-state index is 0.213. The summed E-state index contributed by atoms with van der Waals surface area (Å²) >= 11 is 0. The number of aryl methyl sites for hydroxylation is 1. The molecule has 2 N–H and O–H groups in total. The van der Waals surface area contributed by atoms with Crippen LogP contribution in [-0.2, 0) is 7.05 Å². The molecule has 0 amide bonds. The number of aromatic hydroxyl groups is 1. The molecular weight excluding hydrogens is 232 g/mol. The number of methoxy groups -OCH3 is 1. The van der Waals surface area contributed by atoms with E-state index in [-0.39, 0.29) is 11.5 Å². The summed E-state index contributed by atoms with van der Waals surface area (Å²) in [6.07, 6.45) is 0. The third-order valence-corrected chi connectivity index (χ3v) is 2.92. The summed E-state index contributed by atoms with van der Waals surface area (Å²) in [5.41, 5.74) is 1.08. The summed E-state index contributed by atoms with van der Waals surface area (Å²) in [6, 6.07) is 5.56. The van der Waals surface area contributed by atoms with Crippen molar-refractivity contribution in [3.8, 4) is 11.5 Å². The predicted octanol–water partition coefficient (Wildman–Crippen LogP) is 1.68. The summed E-state index contributed by atoms with van der Waals surface area (Å²) in [5, 5.41) is 13.8. The molecule has 0 aliphatic heterocycles. The number of nitrogens with zero attached hydrogens (tertiary/aromatic N) is 1. The van der Waals surface area contributed by atoms with Crippen LogP contribution in [0.5, 0.6) is 11.5 Å². The van der Waals surface area contributed by atoms with E-state index >= 15 is 0 Å². The van der Waals surface area contributed by atoms with Gasteiger partial charge in [0.05, 0.1) is 18.0 Å². The van der Waals surface area contributed by atoms with Crippen molar-refractivity contribution in [2.75, 3.05) is 19.0 Å². The first-order valence-corrected chi connectivity index (χ1v) is 5.74. The van der Waals surface area contributed by atoms with Gasteiger partial charge in [0.2, 0.25) is 5.75 Å².